The van der Waals surface area contributed by atoms with E-state index in [9.17, 15) is 9.59 Å². The first kappa shape index (κ1) is 15.5. The molecule has 0 aliphatic carbocycles. The van der Waals surface area contributed by atoms with E-state index in [1.54, 1.807) is 35.2 Å². The van der Waals surface area contributed by atoms with Gasteiger partial charge in [-0.2, -0.15) is 0 Å². The Labute approximate surface area is 139 Å². The molecule has 1 aliphatic rings. The second-order valence-corrected chi connectivity index (χ2v) is 6.37. The molecule has 2 amide bonds. The minimum atomic E-state index is -0.263. The average molecular weight is 326 g/mol. The Bertz CT molecular complexity index is 702. The van der Waals surface area contributed by atoms with Gasteiger partial charge >= 0.3 is 0 Å². The van der Waals surface area contributed by atoms with Gasteiger partial charge in [0.1, 0.15) is 5.70 Å². The van der Waals surface area contributed by atoms with Crippen LogP contribution >= 0.6 is 11.3 Å². The van der Waals surface area contributed by atoms with Gasteiger partial charge in [0.15, 0.2) is 0 Å². The molecule has 2 aromatic rings. The fourth-order valence-electron chi connectivity index (χ4n) is 2.54. The van der Waals surface area contributed by atoms with Crippen molar-refractivity contribution in [2.24, 2.45) is 0 Å². The number of carbonyl (C=O) groups excluding carboxylic acids is 2. The van der Waals surface area contributed by atoms with Gasteiger partial charge in [0, 0.05) is 23.5 Å². The monoisotopic (exact) mass is 326 g/mol. The molecule has 3 rings (SSSR count). The van der Waals surface area contributed by atoms with Crippen LogP contribution in [0.5, 0.6) is 0 Å². The van der Waals surface area contributed by atoms with Crippen molar-refractivity contribution in [2.75, 3.05) is 13.1 Å². The molecule has 1 N–H and O–H groups in total. The third-order valence-corrected chi connectivity index (χ3v) is 4.56. The summed E-state index contributed by atoms with van der Waals surface area (Å²) in [5.74, 6) is -0.374. The number of carbonyl (C=O) groups is 2. The van der Waals surface area contributed by atoms with Crippen LogP contribution in [0.1, 0.15) is 28.1 Å². The van der Waals surface area contributed by atoms with Gasteiger partial charge < -0.3 is 10.2 Å². The van der Waals surface area contributed by atoms with Gasteiger partial charge in [-0.1, -0.05) is 24.3 Å². The van der Waals surface area contributed by atoms with Crippen LogP contribution in [0.15, 0.2) is 53.5 Å². The molecule has 0 atom stereocenters. The van der Waals surface area contributed by atoms with E-state index in [2.05, 4.69) is 5.32 Å². The zero-order chi connectivity index (χ0) is 16.1. The van der Waals surface area contributed by atoms with E-state index in [1.165, 1.54) is 11.3 Å². The molecule has 0 unspecified atom stereocenters. The Hall–Kier alpha value is -2.40. The van der Waals surface area contributed by atoms with Crippen molar-refractivity contribution in [1.82, 2.24) is 10.2 Å². The number of amides is 2. The lowest BCUT2D eigenvalue weighted by atomic mass is 10.2. The minimum Gasteiger partial charge on any atom is -0.337 e. The van der Waals surface area contributed by atoms with Crippen LogP contribution in [0, 0.1) is 0 Å². The summed E-state index contributed by atoms with van der Waals surface area (Å²) in [5, 5.41) is 4.73. The second kappa shape index (κ2) is 7.24. The molecule has 2 heterocycles. The number of thiophene rings is 1. The zero-order valence-corrected chi connectivity index (χ0v) is 13.5. The molecule has 1 aliphatic heterocycles. The molecule has 1 aromatic carbocycles. The highest BCUT2D eigenvalue weighted by atomic mass is 32.1. The van der Waals surface area contributed by atoms with Crippen molar-refractivity contribution >= 4 is 29.2 Å². The van der Waals surface area contributed by atoms with E-state index in [0.29, 0.717) is 11.3 Å². The number of nitrogens with zero attached hydrogens (tertiary/aromatic N) is 1. The Balaban J connectivity index is 1.83. The SMILES string of the molecule is O=C(N/C(=C/c1cccs1)C(=O)N1CCCC1)c1ccccc1. The van der Waals surface area contributed by atoms with Crippen LogP contribution in [-0.2, 0) is 4.79 Å². The Morgan fingerprint density at radius 3 is 2.43 bits per heavy atom. The van der Waals surface area contributed by atoms with Gasteiger partial charge in [-0.25, -0.2) is 0 Å². The molecule has 0 spiro atoms. The summed E-state index contributed by atoms with van der Waals surface area (Å²) >= 11 is 1.54. The lowest BCUT2D eigenvalue weighted by molar-refractivity contribution is -0.126. The van der Waals surface area contributed by atoms with E-state index in [1.807, 2.05) is 23.6 Å². The van der Waals surface area contributed by atoms with Gasteiger partial charge in [0.05, 0.1) is 0 Å². The Morgan fingerprint density at radius 2 is 1.78 bits per heavy atom. The standard InChI is InChI=1S/C18H18N2O2S/c21-17(14-7-2-1-3-8-14)19-16(13-15-9-6-12-23-15)18(22)20-10-4-5-11-20/h1-3,6-9,12-13H,4-5,10-11H2,(H,19,21)/b16-13+. The van der Waals surface area contributed by atoms with Crippen molar-refractivity contribution in [1.29, 1.82) is 0 Å². The summed E-state index contributed by atoms with van der Waals surface area (Å²) in [6, 6.07) is 12.8. The number of hydrogen-bond acceptors (Lipinski definition) is 3. The quantitative estimate of drug-likeness (QED) is 0.878. The maximum absolute atomic E-state index is 12.7. The summed E-state index contributed by atoms with van der Waals surface area (Å²) in [4.78, 5) is 27.8. The Morgan fingerprint density at radius 1 is 1.04 bits per heavy atom. The van der Waals surface area contributed by atoms with Crippen molar-refractivity contribution < 1.29 is 9.59 Å². The third kappa shape index (κ3) is 3.87. The van der Waals surface area contributed by atoms with Crippen molar-refractivity contribution in [3.05, 3.63) is 64.0 Å². The second-order valence-electron chi connectivity index (χ2n) is 5.39. The first-order chi connectivity index (χ1) is 11.2. The van der Waals surface area contributed by atoms with Gasteiger partial charge in [0.25, 0.3) is 11.8 Å². The van der Waals surface area contributed by atoms with Gasteiger partial charge in [-0.3, -0.25) is 9.59 Å². The summed E-state index contributed by atoms with van der Waals surface area (Å²) < 4.78 is 0. The van der Waals surface area contributed by atoms with E-state index in [4.69, 9.17) is 0 Å². The maximum Gasteiger partial charge on any atom is 0.270 e. The number of hydrogen-bond donors (Lipinski definition) is 1. The number of likely N-dealkylation sites (tertiary alicyclic amines) is 1. The predicted molar refractivity (Wildman–Crippen MR) is 92.0 cm³/mol. The number of nitrogens with one attached hydrogen (secondary N) is 1. The largest absolute Gasteiger partial charge is 0.337 e. The highest BCUT2D eigenvalue weighted by Gasteiger charge is 2.23. The normalized spacial score (nSPS) is 14.8. The lowest BCUT2D eigenvalue weighted by Crippen LogP contribution is -2.36. The van der Waals surface area contributed by atoms with Crippen LogP contribution in [0.25, 0.3) is 6.08 Å². The molecular weight excluding hydrogens is 308 g/mol. The molecule has 0 bridgehead atoms. The smallest absolute Gasteiger partial charge is 0.270 e. The lowest BCUT2D eigenvalue weighted by Gasteiger charge is -2.18. The molecule has 4 nitrogen and oxygen atoms in total. The molecule has 5 heteroatoms. The molecule has 1 saturated heterocycles. The van der Waals surface area contributed by atoms with E-state index in [0.717, 1.165) is 30.8 Å². The molecule has 1 fully saturated rings. The van der Waals surface area contributed by atoms with Gasteiger partial charge in [-0.15, -0.1) is 11.3 Å². The van der Waals surface area contributed by atoms with Gasteiger partial charge in [-0.05, 0) is 42.5 Å². The third-order valence-electron chi connectivity index (χ3n) is 3.74. The molecular formula is C18H18N2O2S. The summed E-state index contributed by atoms with van der Waals surface area (Å²) in [6.07, 6.45) is 3.79. The zero-order valence-electron chi connectivity index (χ0n) is 12.7. The van der Waals surface area contributed by atoms with Crippen LogP contribution in [0.2, 0.25) is 0 Å². The predicted octanol–water partition coefficient (Wildman–Crippen LogP) is 3.14. The molecule has 0 radical (unpaired) electrons. The number of rotatable bonds is 4. The van der Waals surface area contributed by atoms with E-state index >= 15 is 0 Å². The average Bonchev–Trinajstić information content (AvgIpc) is 3.28. The maximum atomic E-state index is 12.7. The first-order valence-corrected chi connectivity index (χ1v) is 8.53. The van der Waals surface area contributed by atoms with Crippen molar-refractivity contribution in [3.8, 4) is 0 Å². The van der Waals surface area contributed by atoms with E-state index in [-0.39, 0.29) is 11.8 Å². The highest BCUT2D eigenvalue weighted by molar-refractivity contribution is 7.10. The highest BCUT2D eigenvalue weighted by Crippen LogP contribution is 2.16. The van der Waals surface area contributed by atoms with Crippen molar-refractivity contribution in [2.45, 2.75) is 12.8 Å². The van der Waals surface area contributed by atoms with Crippen LogP contribution in [0.3, 0.4) is 0 Å². The summed E-state index contributed by atoms with van der Waals surface area (Å²) in [5.41, 5.74) is 0.877. The summed E-state index contributed by atoms with van der Waals surface area (Å²) in [6.45, 7) is 1.50. The Kier molecular flexibility index (Phi) is 4.88. The first-order valence-electron chi connectivity index (χ1n) is 7.65. The molecule has 1 aromatic heterocycles. The fourth-order valence-corrected chi connectivity index (χ4v) is 3.20. The van der Waals surface area contributed by atoms with Gasteiger partial charge in [0.2, 0.25) is 0 Å². The molecule has 23 heavy (non-hydrogen) atoms. The van der Waals surface area contributed by atoms with Crippen LogP contribution < -0.4 is 5.32 Å². The number of benzene rings is 1. The van der Waals surface area contributed by atoms with Crippen LogP contribution in [-0.4, -0.2) is 29.8 Å². The molecule has 0 saturated carbocycles. The molecule has 118 valence electrons. The van der Waals surface area contributed by atoms with E-state index < -0.39 is 0 Å². The summed E-state index contributed by atoms with van der Waals surface area (Å²) in [7, 11) is 0. The topological polar surface area (TPSA) is 49.4 Å². The minimum absolute atomic E-state index is 0.111. The van der Waals surface area contributed by atoms with Crippen molar-refractivity contribution in [3.63, 3.8) is 0 Å². The van der Waals surface area contributed by atoms with Crippen LogP contribution in [0.4, 0.5) is 0 Å². The fraction of sp³-hybridized carbons (Fsp3) is 0.222.